The van der Waals surface area contributed by atoms with Crippen molar-refractivity contribution in [3.63, 3.8) is 0 Å². The topological polar surface area (TPSA) is 108 Å². The minimum absolute atomic E-state index is 0.0438. The van der Waals surface area contributed by atoms with E-state index in [1.165, 1.54) is 5.56 Å². The second-order valence-electron chi connectivity index (χ2n) is 7.76. The number of nitriles is 1. The summed E-state index contributed by atoms with van der Waals surface area (Å²) in [4.78, 5) is 12.7. The molecule has 2 N–H and O–H groups in total. The van der Waals surface area contributed by atoms with Gasteiger partial charge in [0.1, 0.15) is 29.8 Å². The fraction of sp³-hybridized carbons (Fsp3) is 0.231. The number of benzene rings is 2. The van der Waals surface area contributed by atoms with Crippen LogP contribution in [-0.4, -0.2) is 6.61 Å². The lowest BCUT2D eigenvalue weighted by atomic mass is 9.84. The maximum Gasteiger partial charge on any atom is 0.343 e. The standard InChI is InChI=1S/C26H24N2O5/c1-4-30-21-12-18(9-10-20(21)31-14-17-7-5-15(2)6-8-17)23-19(13-27)25(28)33-22-11-16(3)32-26(29)24(22)23/h5-12,23H,4,14,28H2,1-3H3/t23-/m1/s1. The summed E-state index contributed by atoms with van der Waals surface area (Å²) < 4.78 is 22.7. The Morgan fingerprint density at radius 2 is 1.82 bits per heavy atom. The van der Waals surface area contributed by atoms with E-state index in [0.29, 0.717) is 36.0 Å². The molecule has 3 aromatic rings. The lowest BCUT2D eigenvalue weighted by Crippen LogP contribution is -2.26. The molecule has 7 heteroatoms. The molecule has 33 heavy (non-hydrogen) atoms. The maximum atomic E-state index is 12.7. The predicted octanol–water partition coefficient (Wildman–Crippen LogP) is 4.45. The normalized spacial score (nSPS) is 14.8. The highest BCUT2D eigenvalue weighted by molar-refractivity contribution is 5.57. The number of hydrogen-bond donors (Lipinski definition) is 1. The van der Waals surface area contributed by atoms with Gasteiger partial charge in [0.05, 0.1) is 18.1 Å². The van der Waals surface area contributed by atoms with Crippen LogP contribution in [0.25, 0.3) is 0 Å². The molecule has 1 aliphatic heterocycles. The van der Waals surface area contributed by atoms with Crippen molar-refractivity contribution in [3.05, 3.63) is 98.4 Å². The lowest BCUT2D eigenvalue weighted by Gasteiger charge is -2.25. The van der Waals surface area contributed by atoms with Gasteiger partial charge in [-0.15, -0.1) is 0 Å². The van der Waals surface area contributed by atoms with E-state index < -0.39 is 11.5 Å². The number of rotatable bonds is 6. The van der Waals surface area contributed by atoms with E-state index in [4.69, 9.17) is 24.4 Å². The first kappa shape index (κ1) is 22.0. The Labute approximate surface area is 191 Å². The molecule has 7 nitrogen and oxygen atoms in total. The Bertz CT molecular complexity index is 1320. The molecule has 0 saturated heterocycles. The number of nitrogens with two attached hydrogens (primary N) is 1. The number of aryl methyl sites for hydroxylation is 2. The Morgan fingerprint density at radius 3 is 2.52 bits per heavy atom. The van der Waals surface area contributed by atoms with Crippen LogP contribution in [0.5, 0.6) is 17.2 Å². The monoisotopic (exact) mass is 444 g/mol. The van der Waals surface area contributed by atoms with Crippen LogP contribution in [0.4, 0.5) is 0 Å². The van der Waals surface area contributed by atoms with Crippen LogP contribution in [0.2, 0.25) is 0 Å². The van der Waals surface area contributed by atoms with E-state index in [1.54, 1.807) is 31.2 Å². The summed E-state index contributed by atoms with van der Waals surface area (Å²) in [5.41, 5.74) is 8.65. The highest BCUT2D eigenvalue weighted by Crippen LogP contribution is 2.42. The minimum atomic E-state index is -0.749. The van der Waals surface area contributed by atoms with Crippen LogP contribution in [0.3, 0.4) is 0 Å². The Balaban J connectivity index is 1.74. The van der Waals surface area contributed by atoms with Crippen LogP contribution in [0, 0.1) is 25.2 Å². The zero-order chi connectivity index (χ0) is 23.5. The molecule has 0 unspecified atom stereocenters. The van der Waals surface area contributed by atoms with E-state index in [-0.39, 0.29) is 22.8 Å². The summed E-state index contributed by atoms with van der Waals surface area (Å²) in [6.07, 6.45) is 0. The van der Waals surface area contributed by atoms with Gasteiger partial charge in [0.2, 0.25) is 5.88 Å². The van der Waals surface area contributed by atoms with Gasteiger partial charge in [-0.1, -0.05) is 35.9 Å². The molecule has 1 aromatic heterocycles. The van der Waals surface area contributed by atoms with Crippen molar-refractivity contribution in [2.45, 2.75) is 33.3 Å². The molecule has 1 aliphatic rings. The van der Waals surface area contributed by atoms with Gasteiger partial charge in [0.25, 0.3) is 0 Å². The third-order valence-electron chi connectivity index (χ3n) is 5.37. The third-order valence-corrected chi connectivity index (χ3v) is 5.37. The smallest absolute Gasteiger partial charge is 0.343 e. The number of nitrogens with zero attached hydrogens (tertiary/aromatic N) is 1. The van der Waals surface area contributed by atoms with Gasteiger partial charge in [0, 0.05) is 6.07 Å². The van der Waals surface area contributed by atoms with Crippen molar-refractivity contribution in [2.75, 3.05) is 6.61 Å². The summed E-state index contributed by atoms with van der Waals surface area (Å²) in [5.74, 6) is 0.935. The van der Waals surface area contributed by atoms with Crippen LogP contribution in [0.1, 0.15) is 40.9 Å². The molecule has 0 bridgehead atoms. The molecule has 168 valence electrons. The molecule has 2 heterocycles. The van der Waals surface area contributed by atoms with E-state index >= 15 is 0 Å². The van der Waals surface area contributed by atoms with E-state index in [0.717, 1.165) is 5.56 Å². The molecule has 0 aliphatic carbocycles. The van der Waals surface area contributed by atoms with Gasteiger partial charge in [-0.2, -0.15) is 5.26 Å². The van der Waals surface area contributed by atoms with Crippen molar-refractivity contribution in [3.8, 4) is 23.3 Å². The first-order chi connectivity index (χ1) is 15.9. The summed E-state index contributed by atoms with van der Waals surface area (Å²) >= 11 is 0. The van der Waals surface area contributed by atoms with Gasteiger partial charge in [-0.3, -0.25) is 0 Å². The number of hydrogen-bond acceptors (Lipinski definition) is 7. The quantitative estimate of drug-likeness (QED) is 0.598. The van der Waals surface area contributed by atoms with E-state index in [9.17, 15) is 10.1 Å². The summed E-state index contributed by atoms with van der Waals surface area (Å²) in [6, 6.07) is 17.1. The van der Waals surface area contributed by atoms with Crippen molar-refractivity contribution >= 4 is 0 Å². The SMILES string of the molecule is CCOc1cc([C@@H]2C(C#N)=C(N)Oc3cc(C)oc(=O)c32)ccc1OCc1ccc(C)cc1. The van der Waals surface area contributed by atoms with Crippen LogP contribution < -0.4 is 25.6 Å². The van der Waals surface area contributed by atoms with Gasteiger partial charge < -0.3 is 24.4 Å². The second kappa shape index (κ2) is 9.13. The van der Waals surface area contributed by atoms with Crippen molar-refractivity contribution in [2.24, 2.45) is 5.73 Å². The predicted molar refractivity (Wildman–Crippen MR) is 122 cm³/mol. The second-order valence-corrected chi connectivity index (χ2v) is 7.76. The van der Waals surface area contributed by atoms with Crippen molar-refractivity contribution < 1.29 is 18.6 Å². The molecule has 1 atom stereocenters. The van der Waals surface area contributed by atoms with Gasteiger partial charge in [-0.25, -0.2) is 4.79 Å². The molecule has 0 radical (unpaired) electrons. The number of fused-ring (bicyclic) bond motifs is 1. The van der Waals surface area contributed by atoms with Gasteiger partial charge in [-0.05, 0) is 44.0 Å². The molecule has 0 amide bonds. The van der Waals surface area contributed by atoms with Crippen molar-refractivity contribution in [1.29, 1.82) is 5.26 Å². The molecular formula is C26H24N2O5. The lowest BCUT2D eigenvalue weighted by molar-refractivity contribution is 0.269. The zero-order valence-electron chi connectivity index (χ0n) is 18.7. The van der Waals surface area contributed by atoms with Crippen LogP contribution in [-0.2, 0) is 6.61 Å². The fourth-order valence-electron chi connectivity index (χ4n) is 3.79. The molecular weight excluding hydrogens is 420 g/mol. The molecule has 0 spiro atoms. The molecule has 4 rings (SSSR count). The third kappa shape index (κ3) is 4.41. The molecule has 0 fully saturated rings. The number of ether oxygens (including phenoxy) is 3. The Morgan fingerprint density at radius 1 is 1.06 bits per heavy atom. The van der Waals surface area contributed by atoms with E-state index in [2.05, 4.69) is 6.07 Å². The highest BCUT2D eigenvalue weighted by atomic mass is 16.5. The average molecular weight is 444 g/mol. The zero-order valence-corrected chi connectivity index (χ0v) is 18.7. The Hall–Kier alpha value is -4.18. The fourth-order valence-corrected chi connectivity index (χ4v) is 3.79. The van der Waals surface area contributed by atoms with E-state index in [1.807, 2.05) is 38.1 Å². The first-order valence-corrected chi connectivity index (χ1v) is 10.6. The molecule has 2 aromatic carbocycles. The minimum Gasteiger partial charge on any atom is -0.490 e. The summed E-state index contributed by atoms with van der Waals surface area (Å²) in [5, 5.41) is 9.76. The summed E-state index contributed by atoms with van der Waals surface area (Å²) in [6.45, 7) is 6.34. The first-order valence-electron chi connectivity index (χ1n) is 10.6. The number of allylic oxidation sites excluding steroid dienone is 1. The van der Waals surface area contributed by atoms with Gasteiger partial charge >= 0.3 is 5.63 Å². The average Bonchev–Trinajstić information content (AvgIpc) is 2.78. The maximum absolute atomic E-state index is 12.7. The largest absolute Gasteiger partial charge is 0.490 e. The van der Waals surface area contributed by atoms with Crippen LogP contribution >= 0.6 is 0 Å². The van der Waals surface area contributed by atoms with Crippen molar-refractivity contribution in [1.82, 2.24) is 0 Å². The summed E-state index contributed by atoms with van der Waals surface area (Å²) in [7, 11) is 0. The Kier molecular flexibility index (Phi) is 6.09. The highest BCUT2D eigenvalue weighted by Gasteiger charge is 2.34. The van der Waals surface area contributed by atoms with Gasteiger partial charge in [0.15, 0.2) is 11.5 Å². The molecule has 0 saturated carbocycles. The van der Waals surface area contributed by atoms with Crippen LogP contribution in [0.15, 0.2) is 69.2 Å².